The van der Waals surface area contributed by atoms with E-state index in [2.05, 4.69) is 20.0 Å². The van der Waals surface area contributed by atoms with Crippen LogP contribution in [-0.4, -0.2) is 26.9 Å². The van der Waals surface area contributed by atoms with Gasteiger partial charge in [0.25, 0.3) is 0 Å². The highest BCUT2D eigenvalue weighted by atomic mass is 17.1. The van der Waals surface area contributed by atoms with E-state index in [9.17, 15) is 4.79 Å². The fourth-order valence-electron chi connectivity index (χ4n) is 2.93. The SMILES string of the molecule is O=C1ON=C(c2ccc(COO)cc2)C1=C(c1ccccn1)c1ccccn1. The van der Waals surface area contributed by atoms with Gasteiger partial charge in [0.1, 0.15) is 17.9 Å². The van der Waals surface area contributed by atoms with Crippen molar-refractivity contribution in [3.8, 4) is 0 Å². The largest absolute Gasteiger partial charge is 0.368 e. The molecule has 7 heteroatoms. The predicted octanol–water partition coefficient (Wildman–Crippen LogP) is 3.23. The van der Waals surface area contributed by atoms with Crippen LogP contribution < -0.4 is 0 Å². The molecule has 28 heavy (non-hydrogen) atoms. The average molecular weight is 373 g/mol. The summed E-state index contributed by atoms with van der Waals surface area (Å²) in [6, 6.07) is 18.0. The van der Waals surface area contributed by atoms with Crippen molar-refractivity contribution in [2.45, 2.75) is 6.61 Å². The Kier molecular flexibility index (Phi) is 5.01. The Hall–Kier alpha value is -3.68. The van der Waals surface area contributed by atoms with Gasteiger partial charge >= 0.3 is 5.97 Å². The Balaban J connectivity index is 1.88. The van der Waals surface area contributed by atoms with Crippen LogP contribution in [0, 0.1) is 0 Å². The van der Waals surface area contributed by atoms with Crippen LogP contribution in [0.3, 0.4) is 0 Å². The van der Waals surface area contributed by atoms with Crippen molar-refractivity contribution in [1.29, 1.82) is 0 Å². The third-order valence-electron chi connectivity index (χ3n) is 4.21. The Morgan fingerprint density at radius 2 is 1.57 bits per heavy atom. The summed E-state index contributed by atoms with van der Waals surface area (Å²) in [7, 11) is 0. The van der Waals surface area contributed by atoms with Crippen molar-refractivity contribution >= 4 is 17.3 Å². The average Bonchev–Trinajstić information content (AvgIpc) is 3.12. The van der Waals surface area contributed by atoms with Gasteiger partial charge in [0.2, 0.25) is 0 Å². The van der Waals surface area contributed by atoms with Crippen LogP contribution in [0.5, 0.6) is 0 Å². The maximum atomic E-state index is 12.6. The minimum atomic E-state index is -0.566. The molecule has 138 valence electrons. The molecule has 1 aromatic carbocycles. The molecule has 0 fully saturated rings. The van der Waals surface area contributed by atoms with Crippen LogP contribution in [0.1, 0.15) is 22.5 Å². The molecule has 1 aliphatic rings. The van der Waals surface area contributed by atoms with Crippen LogP contribution in [0.25, 0.3) is 5.57 Å². The molecule has 0 saturated carbocycles. The maximum Gasteiger partial charge on any atom is 0.368 e. The lowest BCUT2D eigenvalue weighted by molar-refractivity contribution is -0.253. The van der Waals surface area contributed by atoms with Gasteiger partial charge in [0.15, 0.2) is 0 Å². The molecule has 7 nitrogen and oxygen atoms in total. The van der Waals surface area contributed by atoms with Gasteiger partial charge in [-0.25, -0.2) is 9.68 Å². The van der Waals surface area contributed by atoms with Gasteiger partial charge in [-0.05, 0) is 29.8 Å². The highest BCUT2D eigenvalue weighted by molar-refractivity contribution is 6.33. The zero-order valence-corrected chi connectivity index (χ0v) is 14.6. The van der Waals surface area contributed by atoms with E-state index in [1.54, 1.807) is 48.8 Å². The highest BCUT2D eigenvalue weighted by Gasteiger charge is 2.32. The van der Waals surface area contributed by atoms with E-state index >= 15 is 0 Å². The number of carbonyl (C=O) groups is 1. The quantitative estimate of drug-likeness (QED) is 0.319. The lowest BCUT2D eigenvalue weighted by Gasteiger charge is -2.10. The Morgan fingerprint density at radius 1 is 0.929 bits per heavy atom. The van der Waals surface area contributed by atoms with E-state index in [-0.39, 0.29) is 6.61 Å². The Labute approximate surface area is 160 Å². The van der Waals surface area contributed by atoms with Crippen molar-refractivity contribution in [3.63, 3.8) is 0 Å². The van der Waals surface area contributed by atoms with Crippen molar-refractivity contribution in [1.82, 2.24) is 9.97 Å². The van der Waals surface area contributed by atoms with E-state index in [0.717, 1.165) is 5.56 Å². The van der Waals surface area contributed by atoms with Crippen molar-refractivity contribution < 1.29 is 19.8 Å². The monoisotopic (exact) mass is 373 g/mol. The first-order valence-corrected chi connectivity index (χ1v) is 8.50. The van der Waals surface area contributed by atoms with E-state index in [4.69, 9.17) is 10.1 Å². The van der Waals surface area contributed by atoms with Gasteiger partial charge in [-0.2, -0.15) is 0 Å². The maximum absolute atomic E-state index is 12.6. The standard InChI is InChI=1S/C21H15N3O4/c25-21-19(20(24-28-21)15-9-7-14(8-10-15)13-27-26)18(16-5-1-3-11-22-16)17-6-2-4-12-23-17/h1-12,26H,13H2. The first-order valence-electron chi connectivity index (χ1n) is 8.50. The molecular formula is C21H15N3O4. The van der Waals surface area contributed by atoms with E-state index < -0.39 is 5.97 Å². The van der Waals surface area contributed by atoms with Crippen LogP contribution in [0.15, 0.2) is 83.8 Å². The summed E-state index contributed by atoms with van der Waals surface area (Å²) < 4.78 is 0. The minimum Gasteiger partial charge on any atom is -0.312 e. The molecule has 1 aliphatic heterocycles. The molecule has 0 atom stereocenters. The summed E-state index contributed by atoms with van der Waals surface area (Å²) in [6.07, 6.45) is 3.30. The van der Waals surface area contributed by atoms with Crippen LogP contribution in [0.4, 0.5) is 0 Å². The molecule has 0 saturated heterocycles. The highest BCUT2D eigenvalue weighted by Crippen LogP contribution is 2.30. The predicted molar refractivity (Wildman–Crippen MR) is 101 cm³/mol. The topological polar surface area (TPSA) is 93.9 Å². The molecule has 0 spiro atoms. The number of nitrogens with zero attached hydrogens (tertiary/aromatic N) is 3. The smallest absolute Gasteiger partial charge is 0.312 e. The zero-order chi connectivity index (χ0) is 19.3. The fraction of sp³-hybridized carbons (Fsp3) is 0.0476. The van der Waals surface area contributed by atoms with Crippen molar-refractivity contribution in [3.05, 3.63) is 101 Å². The molecule has 0 aliphatic carbocycles. The number of hydrogen-bond acceptors (Lipinski definition) is 7. The molecule has 0 bridgehead atoms. The Bertz CT molecular complexity index is 1000. The normalized spacial score (nSPS) is 13.2. The fourth-order valence-corrected chi connectivity index (χ4v) is 2.93. The lowest BCUT2D eigenvalue weighted by Crippen LogP contribution is -2.12. The van der Waals surface area contributed by atoms with Crippen molar-refractivity contribution in [2.24, 2.45) is 5.16 Å². The van der Waals surface area contributed by atoms with Gasteiger partial charge in [-0.15, -0.1) is 0 Å². The summed E-state index contributed by atoms with van der Waals surface area (Å²) >= 11 is 0. The van der Waals surface area contributed by atoms with Crippen molar-refractivity contribution in [2.75, 3.05) is 0 Å². The first kappa shape index (κ1) is 17.7. The third kappa shape index (κ3) is 3.44. The molecular weight excluding hydrogens is 358 g/mol. The third-order valence-corrected chi connectivity index (χ3v) is 4.21. The van der Waals surface area contributed by atoms with E-state index in [0.29, 0.717) is 33.8 Å². The molecule has 4 rings (SSSR count). The molecule has 0 unspecified atom stereocenters. The summed E-state index contributed by atoms with van der Waals surface area (Å²) in [5, 5.41) is 12.6. The lowest BCUT2D eigenvalue weighted by atomic mass is 9.93. The number of carbonyl (C=O) groups excluding carboxylic acids is 1. The molecule has 1 N–H and O–H groups in total. The van der Waals surface area contributed by atoms with E-state index in [1.165, 1.54) is 0 Å². The van der Waals surface area contributed by atoms with Gasteiger partial charge < -0.3 is 4.84 Å². The number of oxime groups is 1. The van der Waals surface area contributed by atoms with E-state index in [1.807, 2.05) is 24.3 Å². The second kappa shape index (κ2) is 7.91. The number of aromatic nitrogens is 2. The summed E-state index contributed by atoms with van der Waals surface area (Å²) in [4.78, 5) is 30.6. The summed E-state index contributed by atoms with van der Waals surface area (Å²) in [6.45, 7) is 0.0675. The van der Waals surface area contributed by atoms with Crippen LogP contribution in [-0.2, 0) is 21.1 Å². The van der Waals surface area contributed by atoms with Crippen LogP contribution in [0.2, 0.25) is 0 Å². The van der Waals surface area contributed by atoms with Crippen LogP contribution >= 0.6 is 0 Å². The number of hydrogen-bond donors (Lipinski definition) is 1. The molecule has 3 heterocycles. The number of rotatable bonds is 5. The second-order valence-electron chi connectivity index (χ2n) is 5.97. The van der Waals surface area contributed by atoms with Gasteiger partial charge in [0.05, 0.1) is 11.4 Å². The number of pyridine rings is 2. The van der Waals surface area contributed by atoms with Gasteiger partial charge in [0, 0.05) is 23.5 Å². The molecule has 2 aromatic heterocycles. The van der Waals surface area contributed by atoms with Gasteiger partial charge in [-0.3, -0.25) is 15.2 Å². The number of benzene rings is 1. The minimum absolute atomic E-state index is 0.0675. The summed E-state index contributed by atoms with van der Waals surface area (Å²) in [5.74, 6) is -0.566. The van der Waals surface area contributed by atoms with Gasteiger partial charge in [-0.1, -0.05) is 41.6 Å². The summed E-state index contributed by atoms with van der Waals surface area (Å²) in [5.41, 5.74) is 3.88. The molecule has 3 aromatic rings. The Morgan fingerprint density at radius 3 is 2.11 bits per heavy atom. The molecule has 0 amide bonds. The zero-order valence-electron chi connectivity index (χ0n) is 14.6. The molecule has 0 radical (unpaired) electrons. The first-order chi connectivity index (χ1) is 13.8. The second-order valence-corrected chi connectivity index (χ2v) is 5.97.